The monoisotopic (exact) mass is 235 g/mol. The minimum Gasteiger partial charge on any atom is -0.496 e. The second kappa shape index (κ2) is 5.07. The second-order valence-corrected chi connectivity index (χ2v) is 4.88. The average molecular weight is 235 g/mol. The van der Waals surface area contributed by atoms with E-state index in [1.165, 1.54) is 24.0 Å². The molecule has 0 bridgehead atoms. The predicted molar refractivity (Wildman–Crippen MR) is 68.5 cm³/mol. The Balaban J connectivity index is 2.13. The first-order valence-corrected chi connectivity index (χ1v) is 6.18. The molecule has 0 saturated heterocycles. The summed E-state index contributed by atoms with van der Waals surface area (Å²) >= 11 is 0. The van der Waals surface area contributed by atoms with Gasteiger partial charge in [-0.2, -0.15) is 0 Å². The molecule has 0 radical (unpaired) electrons. The summed E-state index contributed by atoms with van der Waals surface area (Å²) in [5.74, 6) is 0.776. The lowest BCUT2D eigenvalue weighted by Gasteiger charge is -2.17. The van der Waals surface area contributed by atoms with Crippen LogP contribution in [0.5, 0.6) is 5.75 Å². The summed E-state index contributed by atoms with van der Waals surface area (Å²) in [5, 5.41) is 13.5. The van der Waals surface area contributed by atoms with Crippen molar-refractivity contribution in [2.24, 2.45) is 0 Å². The zero-order valence-electron chi connectivity index (χ0n) is 10.8. The number of aliphatic hydroxyl groups is 1. The first-order valence-electron chi connectivity index (χ1n) is 6.18. The molecule has 0 amide bonds. The van der Waals surface area contributed by atoms with Gasteiger partial charge in [0.05, 0.1) is 13.2 Å². The summed E-state index contributed by atoms with van der Waals surface area (Å²) in [5.41, 5.74) is 3.25. The molecule has 0 heterocycles. The number of aliphatic hydroxyl groups excluding tert-OH is 1. The molecule has 1 aromatic carbocycles. The van der Waals surface area contributed by atoms with Gasteiger partial charge in [-0.05, 0) is 49.9 Å². The highest BCUT2D eigenvalue weighted by molar-refractivity contribution is 5.43. The number of hydrogen-bond acceptors (Lipinski definition) is 3. The Bertz CT molecular complexity index is 399. The van der Waals surface area contributed by atoms with Gasteiger partial charge in [-0.3, -0.25) is 0 Å². The topological polar surface area (TPSA) is 41.5 Å². The van der Waals surface area contributed by atoms with E-state index in [2.05, 4.69) is 19.2 Å². The lowest BCUT2D eigenvalue weighted by Crippen LogP contribution is -2.23. The van der Waals surface area contributed by atoms with Gasteiger partial charge in [0, 0.05) is 18.2 Å². The number of hydrogen-bond donors (Lipinski definition) is 2. The van der Waals surface area contributed by atoms with Crippen LogP contribution >= 0.6 is 0 Å². The standard InChI is InChI=1S/C14H21NO2/c1-9-6-12(14(17-3)7-10(9)2)13(16)8-15-11-4-5-11/h6-7,11,13,15-16H,4-5,8H2,1-3H3. The van der Waals surface area contributed by atoms with Gasteiger partial charge in [-0.25, -0.2) is 0 Å². The highest BCUT2D eigenvalue weighted by atomic mass is 16.5. The van der Waals surface area contributed by atoms with Gasteiger partial charge < -0.3 is 15.2 Å². The predicted octanol–water partition coefficient (Wildman–Crippen LogP) is 2.10. The maximum absolute atomic E-state index is 10.2. The molecule has 1 atom stereocenters. The van der Waals surface area contributed by atoms with Crippen LogP contribution in [0.15, 0.2) is 12.1 Å². The zero-order valence-corrected chi connectivity index (χ0v) is 10.8. The Hall–Kier alpha value is -1.06. The SMILES string of the molecule is COc1cc(C)c(C)cc1C(O)CNC1CC1. The van der Waals surface area contributed by atoms with Crippen LogP contribution in [-0.2, 0) is 0 Å². The molecule has 1 aliphatic carbocycles. The first-order chi connectivity index (χ1) is 8.11. The largest absolute Gasteiger partial charge is 0.496 e. The minimum atomic E-state index is -0.496. The van der Waals surface area contributed by atoms with E-state index in [1.807, 2.05) is 12.1 Å². The molecule has 1 aliphatic rings. The van der Waals surface area contributed by atoms with E-state index in [-0.39, 0.29) is 0 Å². The maximum Gasteiger partial charge on any atom is 0.124 e. The van der Waals surface area contributed by atoms with Crippen LogP contribution in [0.1, 0.15) is 35.6 Å². The van der Waals surface area contributed by atoms with E-state index in [0.717, 1.165) is 11.3 Å². The van der Waals surface area contributed by atoms with Crippen LogP contribution < -0.4 is 10.1 Å². The molecular weight excluding hydrogens is 214 g/mol. The molecule has 3 nitrogen and oxygen atoms in total. The van der Waals surface area contributed by atoms with E-state index in [0.29, 0.717) is 12.6 Å². The summed E-state index contributed by atoms with van der Waals surface area (Å²) in [6, 6.07) is 4.63. The molecule has 0 aliphatic heterocycles. The average Bonchev–Trinajstić information content (AvgIpc) is 3.13. The van der Waals surface area contributed by atoms with Crippen LogP contribution in [-0.4, -0.2) is 24.8 Å². The van der Waals surface area contributed by atoms with Crippen molar-refractivity contribution in [2.75, 3.05) is 13.7 Å². The van der Waals surface area contributed by atoms with E-state index >= 15 is 0 Å². The first kappa shape index (κ1) is 12.4. The quantitative estimate of drug-likeness (QED) is 0.821. The number of nitrogens with one attached hydrogen (secondary N) is 1. The van der Waals surface area contributed by atoms with Crippen molar-refractivity contribution >= 4 is 0 Å². The van der Waals surface area contributed by atoms with Crippen molar-refractivity contribution in [3.63, 3.8) is 0 Å². The Labute approximate surface area is 103 Å². The summed E-state index contributed by atoms with van der Waals surface area (Å²) < 4.78 is 5.34. The van der Waals surface area contributed by atoms with Crippen LogP contribution in [0, 0.1) is 13.8 Å². The molecule has 2 N–H and O–H groups in total. The van der Waals surface area contributed by atoms with Crippen molar-refractivity contribution in [1.82, 2.24) is 5.32 Å². The Morgan fingerprint density at radius 1 is 1.35 bits per heavy atom. The van der Waals surface area contributed by atoms with E-state index in [1.54, 1.807) is 7.11 Å². The molecule has 0 aromatic heterocycles. The molecule has 3 heteroatoms. The van der Waals surface area contributed by atoms with Crippen molar-refractivity contribution in [3.05, 3.63) is 28.8 Å². The zero-order chi connectivity index (χ0) is 12.4. The van der Waals surface area contributed by atoms with Crippen LogP contribution in [0.25, 0.3) is 0 Å². The number of methoxy groups -OCH3 is 1. The fourth-order valence-corrected chi connectivity index (χ4v) is 1.92. The lowest BCUT2D eigenvalue weighted by molar-refractivity contribution is 0.170. The molecule has 17 heavy (non-hydrogen) atoms. The number of ether oxygens (including phenoxy) is 1. The lowest BCUT2D eigenvalue weighted by atomic mass is 10.0. The second-order valence-electron chi connectivity index (χ2n) is 4.88. The molecule has 94 valence electrons. The molecule has 2 rings (SSSR count). The smallest absolute Gasteiger partial charge is 0.124 e. The van der Waals surface area contributed by atoms with Crippen molar-refractivity contribution in [2.45, 2.75) is 38.8 Å². The summed E-state index contributed by atoms with van der Waals surface area (Å²) in [6.45, 7) is 4.71. The Morgan fingerprint density at radius 2 is 2.00 bits per heavy atom. The van der Waals surface area contributed by atoms with Gasteiger partial charge in [0.1, 0.15) is 5.75 Å². The van der Waals surface area contributed by atoms with Crippen LogP contribution in [0.4, 0.5) is 0 Å². The highest BCUT2D eigenvalue weighted by Gasteiger charge is 2.22. The molecule has 1 saturated carbocycles. The van der Waals surface area contributed by atoms with Crippen molar-refractivity contribution in [3.8, 4) is 5.75 Å². The minimum absolute atomic E-state index is 0.496. The molecule has 0 spiro atoms. The summed E-state index contributed by atoms with van der Waals surface area (Å²) in [7, 11) is 1.65. The molecular formula is C14H21NO2. The third-order valence-corrected chi connectivity index (χ3v) is 3.38. The van der Waals surface area contributed by atoms with Gasteiger partial charge >= 0.3 is 0 Å². The molecule has 1 unspecified atom stereocenters. The third kappa shape index (κ3) is 2.99. The van der Waals surface area contributed by atoms with Gasteiger partial charge in [0.2, 0.25) is 0 Å². The van der Waals surface area contributed by atoms with E-state index < -0.39 is 6.10 Å². The van der Waals surface area contributed by atoms with Gasteiger partial charge in [-0.1, -0.05) is 0 Å². The van der Waals surface area contributed by atoms with Gasteiger partial charge in [0.25, 0.3) is 0 Å². The van der Waals surface area contributed by atoms with Crippen molar-refractivity contribution < 1.29 is 9.84 Å². The number of benzene rings is 1. The van der Waals surface area contributed by atoms with Crippen LogP contribution in [0.2, 0.25) is 0 Å². The number of rotatable bonds is 5. The normalized spacial score (nSPS) is 16.9. The fourth-order valence-electron chi connectivity index (χ4n) is 1.92. The Kier molecular flexibility index (Phi) is 3.69. The molecule has 1 aromatic rings. The number of aryl methyl sites for hydroxylation is 2. The van der Waals surface area contributed by atoms with E-state index in [4.69, 9.17) is 4.74 Å². The van der Waals surface area contributed by atoms with Gasteiger partial charge in [0.15, 0.2) is 0 Å². The maximum atomic E-state index is 10.2. The van der Waals surface area contributed by atoms with Gasteiger partial charge in [-0.15, -0.1) is 0 Å². The highest BCUT2D eigenvalue weighted by Crippen LogP contribution is 2.29. The summed E-state index contributed by atoms with van der Waals surface area (Å²) in [6.07, 6.45) is 1.97. The van der Waals surface area contributed by atoms with Crippen molar-refractivity contribution in [1.29, 1.82) is 0 Å². The fraction of sp³-hybridized carbons (Fsp3) is 0.571. The van der Waals surface area contributed by atoms with E-state index in [9.17, 15) is 5.11 Å². The summed E-state index contributed by atoms with van der Waals surface area (Å²) in [4.78, 5) is 0. The Morgan fingerprint density at radius 3 is 2.59 bits per heavy atom. The molecule has 1 fully saturated rings. The van der Waals surface area contributed by atoms with Crippen LogP contribution in [0.3, 0.4) is 0 Å². The third-order valence-electron chi connectivity index (χ3n) is 3.38.